The van der Waals surface area contributed by atoms with Gasteiger partial charge in [-0.2, -0.15) is 0 Å². The Hall–Kier alpha value is -3.91. The first-order chi connectivity index (χ1) is 20.2. The van der Waals surface area contributed by atoms with Gasteiger partial charge in [0.15, 0.2) is 0 Å². The first kappa shape index (κ1) is 31.0. The summed E-state index contributed by atoms with van der Waals surface area (Å²) in [5.74, 6) is -0.692. The summed E-state index contributed by atoms with van der Waals surface area (Å²) in [6, 6.07) is 19.3. The van der Waals surface area contributed by atoms with Crippen LogP contribution in [0.5, 0.6) is 5.75 Å². The van der Waals surface area contributed by atoms with Crippen molar-refractivity contribution in [1.82, 2.24) is 14.7 Å². The molecule has 1 aliphatic rings. The Morgan fingerprint density at radius 3 is 2.29 bits per heavy atom. The van der Waals surface area contributed by atoms with Crippen LogP contribution < -0.4 is 4.74 Å². The fourth-order valence-corrected chi connectivity index (χ4v) is 5.22. The molecule has 4 rings (SSSR count). The normalized spacial score (nSPS) is 17.8. The van der Waals surface area contributed by atoms with Gasteiger partial charge in [-0.05, 0) is 73.7 Å². The van der Waals surface area contributed by atoms with Crippen molar-refractivity contribution in [2.24, 2.45) is 0 Å². The van der Waals surface area contributed by atoms with Crippen LogP contribution in [0, 0.1) is 5.82 Å². The van der Waals surface area contributed by atoms with Crippen molar-refractivity contribution in [1.29, 1.82) is 0 Å². The summed E-state index contributed by atoms with van der Waals surface area (Å²) in [6.07, 6.45) is 3.04. The summed E-state index contributed by atoms with van der Waals surface area (Å²) < 4.78 is 19.5. The summed E-state index contributed by atoms with van der Waals surface area (Å²) in [5, 5.41) is 0.392. The third-order valence-corrected chi connectivity index (χ3v) is 7.76. The minimum Gasteiger partial charge on any atom is -0.493 e. The van der Waals surface area contributed by atoms with E-state index in [-0.39, 0.29) is 23.3 Å². The van der Waals surface area contributed by atoms with Gasteiger partial charge in [-0.1, -0.05) is 41.9 Å². The van der Waals surface area contributed by atoms with Gasteiger partial charge < -0.3 is 19.4 Å². The Morgan fingerprint density at radius 1 is 0.905 bits per heavy atom. The molecule has 0 unspecified atom stereocenters. The number of carbonyl (C=O) groups excluding carboxylic acids is 3. The molecule has 1 aliphatic heterocycles. The number of rotatable bonds is 3. The second kappa shape index (κ2) is 14.8. The Balaban J connectivity index is 1.60. The number of fused-ring (bicyclic) bond motifs is 1. The molecular formula is C33H37ClFN3O4. The Kier molecular flexibility index (Phi) is 11.0. The van der Waals surface area contributed by atoms with Gasteiger partial charge in [-0.25, -0.2) is 4.39 Å². The number of carbonyl (C=O) groups is 3. The van der Waals surface area contributed by atoms with E-state index in [1.54, 1.807) is 42.1 Å². The predicted octanol–water partition coefficient (Wildman–Crippen LogP) is 5.72. The molecule has 0 saturated carbocycles. The largest absolute Gasteiger partial charge is 0.493 e. The van der Waals surface area contributed by atoms with E-state index in [4.69, 9.17) is 16.3 Å². The van der Waals surface area contributed by atoms with E-state index in [9.17, 15) is 18.8 Å². The molecule has 0 bridgehead atoms. The number of ether oxygens (including phenoxy) is 1. The van der Waals surface area contributed by atoms with Gasteiger partial charge in [0.1, 0.15) is 17.6 Å². The minimum absolute atomic E-state index is 0.159. The molecule has 7 nitrogen and oxygen atoms in total. The van der Waals surface area contributed by atoms with Gasteiger partial charge in [0.25, 0.3) is 11.8 Å². The molecule has 9 heteroatoms. The maximum Gasteiger partial charge on any atom is 0.258 e. The number of hydrogen-bond acceptors (Lipinski definition) is 4. The summed E-state index contributed by atoms with van der Waals surface area (Å²) in [6.45, 7) is 1.81. The molecule has 0 N–H and O–H groups in total. The van der Waals surface area contributed by atoms with Crippen LogP contribution in [0.2, 0.25) is 5.02 Å². The number of likely N-dealkylation sites (N-methyl/N-ethyl adjacent to an activating group) is 2. The van der Waals surface area contributed by atoms with Gasteiger partial charge in [-0.15, -0.1) is 0 Å². The summed E-state index contributed by atoms with van der Waals surface area (Å²) in [4.78, 5) is 45.8. The van der Waals surface area contributed by atoms with Crippen LogP contribution in [-0.4, -0.2) is 78.8 Å². The smallest absolute Gasteiger partial charge is 0.258 e. The first-order valence-corrected chi connectivity index (χ1v) is 14.7. The van der Waals surface area contributed by atoms with Crippen LogP contribution in [0.4, 0.5) is 4.39 Å². The van der Waals surface area contributed by atoms with E-state index in [0.29, 0.717) is 74.7 Å². The van der Waals surface area contributed by atoms with Gasteiger partial charge in [0.2, 0.25) is 5.91 Å². The third-order valence-electron chi connectivity index (χ3n) is 7.52. The number of amides is 3. The lowest BCUT2D eigenvalue weighted by Gasteiger charge is -2.31. The standard InChI is InChI=1S/C33H37ClFN3O4/c1-36-18-6-7-19-38(31(39)25-12-15-27(35)16-13-25)20-8-9-21-42-30-17-14-26(34)23-28(30)32(40)37(2)29(33(36)41)22-24-10-4-3-5-11-24/h3-5,10-17,23,29H,6-9,18-22H2,1-2H3/t29-/m0/s1. The van der Waals surface area contributed by atoms with E-state index in [2.05, 4.69) is 0 Å². The molecule has 0 saturated heterocycles. The molecule has 0 aromatic heterocycles. The molecule has 0 aliphatic carbocycles. The monoisotopic (exact) mass is 593 g/mol. The molecule has 0 fully saturated rings. The van der Waals surface area contributed by atoms with Crippen LogP contribution in [0.15, 0.2) is 72.8 Å². The molecule has 1 heterocycles. The maximum absolute atomic E-state index is 13.8. The zero-order chi connectivity index (χ0) is 30.1. The number of halogens is 2. The van der Waals surface area contributed by atoms with E-state index in [1.165, 1.54) is 29.2 Å². The topological polar surface area (TPSA) is 70.2 Å². The van der Waals surface area contributed by atoms with Crippen molar-refractivity contribution in [3.05, 3.63) is 100 Å². The van der Waals surface area contributed by atoms with Gasteiger partial charge in [0, 0.05) is 50.7 Å². The summed E-state index contributed by atoms with van der Waals surface area (Å²) >= 11 is 6.28. The molecule has 3 aromatic rings. The second-order valence-corrected chi connectivity index (χ2v) is 11.0. The van der Waals surface area contributed by atoms with E-state index in [0.717, 1.165) is 5.56 Å². The van der Waals surface area contributed by atoms with Gasteiger partial charge >= 0.3 is 0 Å². The van der Waals surface area contributed by atoms with Crippen molar-refractivity contribution < 1.29 is 23.5 Å². The highest BCUT2D eigenvalue weighted by molar-refractivity contribution is 6.31. The van der Waals surface area contributed by atoms with Crippen LogP contribution in [-0.2, 0) is 11.2 Å². The molecule has 222 valence electrons. The molecule has 3 amide bonds. The summed E-state index contributed by atoms with van der Waals surface area (Å²) in [5.41, 5.74) is 1.66. The molecular weight excluding hydrogens is 557 g/mol. The van der Waals surface area contributed by atoms with Crippen LogP contribution in [0.3, 0.4) is 0 Å². The molecule has 0 spiro atoms. The first-order valence-electron chi connectivity index (χ1n) is 14.3. The van der Waals surface area contributed by atoms with E-state index in [1.807, 2.05) is 30.3 Å². The van der Waals surface area contributed by atoms with Crippen LogP contribution in [0.1, 0.15) is 52.0 Å². The molecule has 42 heavy (non-hydrogen) atoms. The van der Waals surface area contributed by atoms with Crippen molar-refractivity contribution >= 4 is 29.3 Å². The Morgan fingerprint density at radius 2 is 1.57 bits per heavy atom. The fraction of sp³-hybridized carbons (Fsp3) is 0.364. The van der Waals surface area contributed by atoms with Gasteiger partial charge in [0.05, 0.1) is 12.2 Å². The second-order valence-electron chi connectivity index (χ2n) is 10.6. The third kappa shape index (κ3) is 8.10. The highest BCUT2D eigenvalue weighted by atomic mass is 35.5. The van der Waals surface area contributed by atoms with Crippen LogP contribution >= 0.6 is 11.6 Å². The maximum atomic E-state index is 13.8. The predicted molar refractivity (Wildman–Crippen MR) is 161 cm³/mol. The lowest BCUT2D eigenvalue weighted by Crippen LogP contribution is -2.49. The average molecular weight is 594 g/mol. The highest BCUT2D eigenvalue weighted by Gasteiger charge is 2.31. The number of hydrogen-bond donors (Lipinski definition) is 0. The number of nitrogens with zero attached hydrogens (tertiary/aromatic N) is 3. The number of benzene rings is 3. The molecule has 1 atom stereocenters. The zero-order valence-electron chi connectivity index (χ0n) is 24.1. The molecule has 3 aromatic carbocycles. The van der Waals surface area contributed by atoms with Crippen LogP contribution in [0.25, 0.3) is 0 Å². The quantitative estimate of drug-likeness (QED) is 0.390. The average Bonchev–Trinajstić information content (AvgIpc) is 3.00. The van der Waals surface area contributed by atoms with Crippen molar-refractivity contribution in [3.63, 3.8) is 0 Å². The zero-order valence-corrected chi connectivity index (χ0v) is 24.9. The van der Waals surface area contributed by atoms with Crippen molar-refractivity contribution in [3.8, 4) is 5.75 Å². The van der Waals surface area contributed by atoms with E-state index >= 15 is 0 Å². The van der Waals surface area contributed by atoms with E-state index < -0.39 is 11.9 Å². The van der Waals surface area contributed by atoms with Crippen molar-refractivity contribution in [2.45, 2.75) is 38.1 Å². The summed E-state index contributed by atoms with van der Waals surface area (Å²) in [7, 11) is 3.38. The lowest BCUT2D eigenvalue weighted by atomic mass is 10.0. The highest BCUT2D eigenvalue weighted by Crippen LogP contribution is 2.26. The lowest BCUT2D eigenvalue weighted by molar-refractivity contribution is -0.134. The minimum atomic E-state index is -0.746. The Labute approximate surface area is 251 Å². The molecule has 0 radical (unpaired) electrons. The van der Waals surface area contributed by atoms with Gasteiger partial charge in [-0.3, -0.25) is 14.4 Å². The SMILES string of the molecule is CN1CCCCN(C(=O)c2ccc(F)cc2)CCCCOc2ccc(Cl)cc2C(=O)N(C)[C@@H](Cc2ccccc2)C1=O. The van der Waals surface area contributed by atoms with Crippen molar-refractivity contribution in [2.75, 3.05) is 40.3 Å². The Bertz CT molecular complexity index is 1370. The fourth-order valence-electron chi connectivity index (χ4n) is 5.05.